The molecule has 2 heteroatoms. The normalized spacial score (nSPS) is 9.56. The minimum absolute atomic E-state index is 0.787. The number of rotatable bonds is 1. The number of hydrogen-bond donors (Lipinski definition) is 1. The molecule has 0 atom stereocenters. The average Bonchev–Trinajstić information content (AvgIpc) is 1.88. The van der Waals surface area contributed by atoms with Crippen molar-refractivity contribution in [2.75, 3.05) is 14.1 Å². The summed E-state index contributed by atoms with van der Waals surface area (Å²) in [6.45, 7) is 3.61. The Bertz CT molecular complexity index is 86.9. The van der Waals surface area contributed by atoms with Crippen molar-refractivity contribution >= 4 is 6.29 Å². The van der Waals surface area contributed by atoms with Crippen molar-refractivity contribution < 1.29 is 4.79 Å². The van der Waals surface area contributed by atoms with Crippen LogP contribution in [-0.4, -0.2) is 20.4 Å². The zero-order valence-electron chi connectivity index (χ0n) is 6.56. The summed E-state index contributed by atoms with van der Waals surface area (Å²) in [5.74, 6) is 0. The Morgan fingerprint density at radius 2 is 1.78 bits per heavy atom. The third kappa shape index (κ3) is 18.7. The second kappa shape index (κ2) is 10.4. The second-order valence-electron chi connectivity index (χ2n) is 1.65. The summed E-state index contributed by atoms with van der Waals surface area (Å²) < 4.78 is 0. The summed E-state index contributed by atoms with van der Waals surface area (Å²) in [5, 5.41) is 2.75. The summed E-state index contributed by atoms with van der Waals surface area (Å²) in [6, 6.07) is 0. The van der Waals surface area contributed by atoms with Crippen molar-refractivity contribution in [3.63, 3.8) is 0 Å². The first kappa shape index (κ1) is 11.2. The predicted molar refractivity (Wildman–Crippen MR) is 40.5 cm³/mol. The molecule has 0 aromatic carbocycles. The lowest BCUT2D eigenvalue weighted by molar-refractivity contribution is -0.104. The van der Waals surface area contributed by atoms with Crippen LogP contribution in [0.25, 0.3) is 0 Å². The molecule has 0 unspecified atom stereocenters. The molecule has 0 aliphatic rings. The van der Waals surface area contributed by atoms with E-state index in [0.29, 0.717) is 0 Å². The van der Waals surface area contributed by atoms with Gasteiger partial charge in [0.25, 0.3) is 0 Å². The molecule has 1 N–H and O–H groups in total. The van der Waals surface area contributed by atoms with Crippen molar-refractivity contribution in [1.82, 2.24) is 5.32 Å². The second-order valence-corrected chi connectivity index (χ2v) is 1.65. The fourth-order valence-corrected chi connectivity index (χ4v) is 0.0680. The van der Waals surface area contributed by atoms with Crippen molar-refractivity contribution in [1.29, 1.82) is 0 Å². The van der Waals surface area contributed by atoms with Crippen LogP contribution in [0.3, 0.4) is 0 Å². The highest BCUT2D eigenvalue weighted by Gasteiger charge is 1.72. The van der Waals surface area contributed by atoms with Crippen LogP contribution in [-0.2, 0) is 4.79 Å². The molecule has 2 nitrogen and oxygen atoms in total. The molecule has 0 saturated carbocycles. The van der Waals surface area contributed by atoms with Gasteiger partial charge in [-0.05, 0) is 33.5 Å². The molecular formula is C7H15NO. The van der Waals surface area contributed by atoms with Crippen molar-refractivity contribution in [2.45, 2.75) is 13.8 Å². The lowest BCUT2D eigenvalue weighted by Crippen LogP contribution is -1.89. The van der Waals surface area contributed by atoms with Gasteiger partial charge >= 0.3 is 0 Å². The van der Waals surface area contributed by atoms with E-state index in [1.165, 1.54) is 0 Å². The fourth-order valence-electron chi connectivity index (χ4n) is 0.0680. The van der Waals surface area contributed by atoms with Gasteiger partial charge in [0.1, 0.15) is 6.29 Å². The van der Waals surface area contributed by atoms with Gasteiger partial charge in [-0.1, -0.05) is 6.08 Å². The third-order valence-corrected chi connectivity index (χ3v) is 0.641. The first-order valence-electron chi connectivity index (χ1n) is 2.89. The Morgan fingerprint density at radius 1 is 1.44 bits per heavy atom. The molecule has 0 spiro atoms. The van der Waals surface area contributed by atoms with Gasteiger partial charge in [0.2, 0.25) is 0 Å². The molecule has 0 fully saturated rings. The standard InChI is InChI=1S/C5H8O.C2H7N/c1-3-5(2)4-6;1-3-2/h3-4H,1-2H3;3H,1-2H3/b5-3+;. The molecule has 0 heterocycles. The predicted octanol–water partition coefficient (Wildman–Crippen LogP) is 0.987. The average molecular weight is 129 g/mol. The molecule has 0 aliphatic carbocycles. The van der Waals surface area contributed by atoms with Crippen LogP contribution >= 0.6 is 0 Å². The summed E-state index contributed by atoms with van der Waals surface area (Å²) >= 11 is 0. The van der Waals surface area contributed by atoms with Crippen LogP contribution in [0.5, 0.6) is 0 Å². The molecule has 0 saturated heterocycles. The number of carbonyl (C=O) groups excluding carboxylic acids is 1. The van der Waals surface area contributed by atoms with Gasteiger partial charge in [-0.15, -0.1) is 0 Å². The minimum atomic E-state index is 0.787. The molecule has 0 radical (unpaired) electrons. The quantitative estimate of drug-likeness (QED) is 0.422. The topological polar surface area (TPSA) is 29.1 Å². The number of nitrogens with one attached hydrogen (secondary N) is 1. The van der Waals surface area contributed by atoms with Crippen LogP contribution in [0.1, 0.15) is 13.8 Å². The van der Waals surface area contributed by atoms with Gasteiger partial charge in [-0.2, -0.15) is 0 Å². The molecule has 0 aromatic rings. The molecule has 0 rings (SSSR count). The smallest absolute Gasteiger partial charge is 0.145 e. The first-order chi connectivity index (χ1) is 4.22. The molecule has 0 amide bonds. The maximum absolute atomic E-state index is 9.67. The van der Waals surface area contributed by atoms with Crippen LogP contribution in [0.2, 0.25) is 0 Å². The Labute approximate surface area is 57.0 Å². The van der Waals surface area contributed by atoms with E-state index < -0.39 is 0 Å². The number of carbonyl (C=O) groups is 1. The fraction of sp³-hybridized carbons (Fsp3) is 0.571. The zero-order chi connectivity index (χ0) is 7.70. The van der Waals surface area contributed by atoms with E-state index in [9.17, 15) is 4.79 Å². The molecule has 0 bridgehead atoms. The maximum Gasteiger partial charge on any atom is 0.145 e. The van der Waals surface area contributed by atoms with E-state index in [1.54, 1.807) is 13.0 Å². The van der Waals surface area contributed by atoms with Gasteiger partial charge in [-0.3, -0.25) is 4.79 Å². The summed E-state index contributed by atoms with van der Waals surface area (Å²) in [6.07, 6.45) is 2.60. The molecule has 0 aliphatic heterocycles. The zero-order valence-corrected chi connectivity index (χ0v) is 6.56. The Hall–Kier alpha value is -0.630. The highest BCUT2D eigenvalue weighted by atomic mass is 16.1. The number of allylic oxidation sites excluding steroid dienone is 2. The Morgan fingerprint density at radius 3 is 1.78 bits per heavy atom. The monoisotopic (exact) mass is 129 g/mol. The molecule has 9 heavy (non-hydrogen) atoms. The van der Waals surface area contributed by atoms with E-state index in [4.69, 9.17) is 0 Å². The van der Waals surface area contributed by atoms with E-state index in [1.807, 2.05) is 21.0 Å². The third-order valence-electron chi connectivity index (χ3n) is 0.641. The van der Waals surface area contributed by atoms with Crippen LogP contribution in [0.15, 0.2) is 11.6 Å². The summed E-state index contributed by atoms with van der Waals surface area (Å²) in [4.78, 5) is 9.67. The highest BCUT2D eigenvalue weighted by Crippen LogP contribution is 1.80. The largest absolute Gasteiger partial charge is 0.323 e. The Kier molecular flexibility index (Phi) is 12.9. The van der Waals surface area contributed by atoms with Gasteiger partial charge in [0, 0.05) is 0 Å². The lowest BCUT2D eigenvalue weighted by Gasteiger charge is -1.73. The molecular weight excluding hydrogens is 114 g/mol. The first-order valence-corrected chi connectivity index (χ1v) is 2.89. The van der Waals surface area contributed by atoms with Crippen LogP contribution in [0.4, 0.5) is 0 Å². The Balaban J connectivity index is 0. The van der Waals surface area contributed by atoms with Crippen LogP contribution in [0, 0.1) is 0 Å². The lowest BCUT2D eigenvalue weighted by atomic mass is 10.3. The van der Waals surface area contributed by atoms with Gasteiger partial charge in [0.15, 0.2) is 0 Å². The molecule has 0 aromatic heterocycles. The summed E-state index contributed by atoms with van der Waals surface area (Å²) in [5.41, 5.74) is 0.787. The van der Waals surface area contributed by atoms with Gasteiger partial charge in [0.05, 0.1) is 0 Å². The summed E-state index contributed by atoms with van der Waals surface area (Å²) in [7, 11) is 3.75. The number of aldehydes is 1. The maximum atomic E-state index is 9.67. The number of hydrogen-bond acceptors (Lipinski definition) is 2. The highest BCUT2D eigenvalue weighted by molar-refractivity contribution is 5.71. The van der Waals surface area contributed by atoms with Crippen LogP contribution < -0.4 is 5.32 Å². The van der Waals surface area contributed by atoms with Gasteiger partial charge in [-0.25, -0.2) is 0 Å². The van der Waals surface area contributed by atoms with E-state index in [0.717, 1.165) is 11.9 Å². The van der Waals surface area contributed by atoms with Crippen molar-refractivity contribution in [3.8, 4) is 0 Å². The minimum Gasteiger partial charge on any atom is -0.323 e. The van der Waals surface area contributed by atoms with E-state index in [2.05, 4.69) is 5.32 Å². The van der Waals surface area contributed by atoms with E-state index >= 15 is 0 Å². The SMILES string of the molecule is C/C=C(\C)C=O.CNC. The van der Waals surface area contributed by atoms with Crippen molar-refractivity contribution in [3.05, 3.63) is 11.6 Å². The molecule has 54 valence electrons. The van der Waals surface area contributed by atoms with Crippen molar-refractivity contribution in [2.24, 2.45) is 0 Å². The van der Waals surface area contributed by atoms with E-state index in [-0.39, 0.29) is 0 Å². The van der Waals surface area contributed by atoms with Gasteiger partial charge < -0.3 is 5.32 Å².